The van der Waals surface area contributed by atoms with Gasteiger partial charge >= 0.3 is 6.03 Å². The number of nitrogens with zero attached hydrogens (tertiary/aromatic N) is 7. The molecule has 1 N–H and O–H groups in total. The van der Waals surface area contributed by atoms with E-state index in [-0.39, 0.29) is 37.8 Å². The van der Waals surface area contributed by atoms with Gasteiger partial charge in [0.05, 0.1) is 17.3 Å². The fourth-order valence-corrected chi connectivity index (χ4v) is 7.48. The molecule has 0 spiro atoms. The lowest BCUT2D eigenvalue weighted by Crippen LogP contribution is -2.46. The van der Waals surface area contributed by atoms with Gasteiger partial charge in [-0.1, -0.05) is 29.3 Å². The van der Waals surface area contributed by atoms with E-state index in [0.29, 0.717) is 40.9 Å². The molecule has 3 aromatic carbocycles. The second-order valence-corrected chi connectivity index (χ2v) is 14.4. The van der Waals surface area contributed by atoms with E-state index in [2.05, 4.69) is 32.0 Å². The molecule has 1 aromatic heterocycles. The van der Waals surface area contributed by atoms with E-state index in [9.17, 15) is 14.7 Å². The first kappa shape index (κ1) is 36.0. The molecule has 0 bridgehead atoms. The van der Waals surface area contributed by atoms with Crippen LogP contribution in [0.4, 0.5) is 21.9 Å². The Bertz CT molecular complexity index is 1870. The highest BCUT2D eigenvalue weighted by Crippen LogP contribution is 2.41. The summed E-state index contributed by atoms with van der Waals surface area (Å²) >= 11 is 12.7. The van der Waals surface area contributed by atoms with Gasteiger partial charge < -0.3 is 34.0 Å². The molecule has 13 nitrogen and oxygen atoms in total. The van der Waals surface area contributed by atoms with Gasteiger partial charge in [0, 0.05) is 61.3 Å². The number of rotatable bonds is 12. The van der Waals surface area contributed by atoms with Gasteiger partial charge in [0.2, 0.25) is 5.79 Å². The predicted molar refractivity (Wildman–Crippen MR) is 197 cm³/mol. The monoisotopic (exact) mass is 749 g/mol. The van der Waals surface area contributed by atoms with Crippen LogP contribution in [-0.2, 0) is 26.6 Å². The van der Waals surface area contributed by atoms with E-state index in [1.807, 2.05) is 36.4 Å². The van der Waals surface area contributed by atoms with Crippen molar-refractivity contribution in [2.75, 3.05) is 67.2 Å². The predicted octanol–water partition coefficient (Wildman–Crippen LogP) is 5.19. The number of anilines is 3. The van der Waals surface area contributed by atoms with Gasteiger partial charge in [-0.05, 0) is 80.9 Å². The highest BCUT2D eigenvalue weighted by atomic mass is 35.5. The lowest BCUT2D eigenvalue weighted by molar-refractivity contribution is -0.190. The SMILES string of the molecule is CC1(C)C(=O)N(c2ccc(N3CCN(c4ccc(OCC5COC(Cn6cncn6)(c6ccc(Cl)cc6Cl)O5)cc4)CC3)cc2)C(=O)N1CCCO. The largest absolute Gasteiger partial charge is 0.491 e. The van der Waals surface area contributed by atoms with Crippen LogP contribution < -0.4 is 19.4 Å². The molecule has 52 heavy (non-hydrogen) atoms. The number of carbonyl (C=O) groups is 2. The molecule has 3 amide bonds. The van der Waals surface area contributed by atoms with Gasteiger partial charge in [0.15, 0.2) is 0 Å². The van der Waals surface area contributed by atoms with Crippen LogP contribution in [0.2, 0.25) is 10.0 Å². The number of imide groups is 1. The number of piperazine rings is 1. The van der Waals surface area contributed by atoms with E-state index in [1.165, 1.54) is 16.1 Å². The molecule has 0 radical (unpaired) electrons. The van der Waals surface area contributed by atoms with E-state index >= 15 is 0 Å². The zero-order valence-corrected chi connectivity index (χ0v) is 30.5. The number of carbonyl (C=O) groups excluding carboxylic acids is 2. The summed E-state index contributed by atoms with van der Waals surface area (Å²) in [6.45, 7) is 7.88. The molecule has 4 aromatic rings. The molecular weight excluding hydrogens is 709 g/mol. The van der Waals surface area contributed by atoms with Crippen molar-refractivity contribution < 1.29 is 28.9 Å². The minimum absolute atomic E-state index is 0.0419. The molecule has 274 valence electrons. The van der Waals surface area contributed by atoms with Gasteiger partial charge in [-0.2, -0.15) is 5.10 Å². The van der Waals surface area contributed by atoms with Crippen molar-refractivity contribution in [3.8, 4) is 5.75 Å². The van der Waals surface area contributed by atoms with E-state index in [0.717, 1.165) is 43.3 Å². The first-order valence-electron chi connectivity index (χ1n) is 17.3. The van der Waals surface area contributed by atoms with Crippen LogP contribution in [0.25, 0.3) is 0 Å². The topological polar surface area (TPSA) is 126 Å². The van der Waals surface area contributed by atoms with Crippen molar-refractivity contribution in [1.82, 2.24) is 19.7 Å². The maximum atomic E-state index is 13.2. The van der Waals surface area contributed by atoms with Gasteiger partial charge in [-0.15, -0.1) is 0 Å². The molecule has 0 saturated carbocycles. The Balaban J connectivity index is 0.919. The third-order valence-electron chi connectivity index (χ3n) is 9.79. The Morgan fingerprint density at radius 3 is 2.19 bits per heavy atom. The van der Waals surface area contributed by atoms with Crippen LogP contribution in [0.15, 0.2) is 79.4 Å². The first-order chi connectivity index (χ1) is 25.1. The average molecular weight is 751 g/mol. The van der Waals surface area contributed by atoms with E-state index in [4.69, 9.17) is 37.4 Å². The average Bonchev–Trinajstić information content (AvgIpc) is 3.85. The summed E-state index contributed by atoms with van der Waals surface area (Å²) in [5.41, 5.74) is 2.37. The number of amides is 3. The summed E-state index contributed by atoms with van der Waals surface area (Å²) in [6, 6.07) is 20.5. The fraction of sp³-hybridized carbons (Fsp3) is 0.405. The first-order valence-corrected chi connectivity index (χ1v) is 18.0. The maximum absolute atomic E-state index is 13.2. The number of aromatic nitrogens is 3. The number of halogens is 2. The lowest BCUT2D eigenvalue weighted by Gasteiger charge is -2.37. The minimum Gasteiger partial charge on any atom is -0.491 e. The second kappa shape index (κ2) is 14.9. The van der Waals surface area contributed by atoms with Crippen LogP contribution in [0.5, 0.6) is 5.75 Å². The summed E-state index contributed by atoms with van der Waals surface area (Å²) in [5, 5.41) is 14.4. The molecule has 3 aliphatic heterocycles. The highest BCUT2D eigenvalue weighted by molar-refractivity contribution is 6.35. The van der Waals surface area contributed by atoms with Gasteiger partial charge in [0.1, 0.15) is 43.2 Å². The Hall–Kier alpha value is -4.40. The molecule has 3 aliphatic rings. The molecule has 4 heterocycles. The summed E-state index contributed by atoms with van der Waals surface area (Å²) in [7, 11) is 0. The normalized spacial score (nSPS) is 21.8. The van der Waals surface area contributed by atoms with E-state index in [1.54, 1.807) is 43.1 Å². The van der Waals surface area contributed by atoms with Crippen molar-refractivity contribution >= 4 is 52.2 Å². The van der Waals surface area contributed by atoms with Crippen LogP contribution >= 0.6 is 23.2 Å². The third kappa shape index (κ3) is 7.15. The molecule has 0 aliphatic carbocycles. The maximum Gasteiger partial charge on any atom is 0.332 e. The zero-order valence-electron chi connectivity index (χ0n) is 29.0. The summed E-state index contributed by atoms with van der Waals surface area (Å²) < 4.78 is 20.5. The zero-order chi connectivity index (χ0) is 36.5. The Labute approximate surface area is 312 Å². The highest BCUT2D eigenvalue weighted by Gasteiger charge is 2.51. The summed E-state index contributed by atoms with van der Waals surface area (Å²) in [6.07, 6.45) is 3.12. The molecule has 2 atom stereocenters. The second-order valence-electron chi connectivity index (χ2n) is 13.5. The van der Waals surface area contributed by atoms with Crippen molar-refractivity contribution in [1.29, 1.82) is 0 Å². The Morgan fingerprint density at radius 1 is 0.923 bits per heavy atom. The number of aliphatic hydroxyl groups is 1. The van der Waals surface area contributed by atoms with Crippen LogP contribution in [0.1, 0.15) is 25.8 Å². The molecule has 3 saturated heterocycles. The van der Waals surface area contributed by atoms with Crippen molar-refractivity contribution in [3.63, 3.8) is 0 Å². The molecule has 7 rings (SSSR count). The Morgan fingerprint density at radius 2 is 1.58 bits per heavy atom. The molecular formula is C37H41Cl2N7O6. The van der Waals surface area contributed by atoms with Gasteiger partial charge in [0.25, 0.3) is 5.91 Å². The Kier molecular flexibility index (Phi) is 10.3. The van der Waals surface area contributed by atoms with Crippen LogP contribution in [-0.4, -0.2) is 101 Å². The third-order valence-corrected chi connectivity index (χ3v) is 10.3. The lowest BCUT2D eigenvalue weighted by atomic mass is 10.0. The fourth-order valence-electron chi connectivity index (χ4n) is 6.93. The quantitative estimate of drug-likeness (QED) is 0.194. The van der Waals surface area contributed by atoms with Crippen LogP contribution in [0.3, 0.4) is 0 Å². The van der Waals surface area contributed by atoms with Crippen molar-refractivity contribution in [2.45, 2.75) is 44.2 Å². The standard InChI is InChI=1S/C37H41Cl2N7O6/c1-36(2)34(48)46(35(49)45(36)14-3-19-47)29-7-5-27(6-8-29)42-15-17-43(18-16-42)28-9-11-30(12-10-28)50-21-31-22-51-37(52-31,23-44-25-40-24-41-44)32-13-4-26(38)20-33(32)39/h4-13,20,24-25,31,47H,3,14-19,21-23H2,1-2H3. The number of aliphatic hydroxyl groups excluding tert-OH is 1. The van der Waals surface area contributed by atoms with Gasteiger partial charge in [-0.25, -0.2) is 19.4 Å². The number of hydrogen-bond donors (Lipinski definition) is 1. The number of hydrogen-bond acceptors (Lipinski definition) is 10. The summed E-state index contributed by atoms with van der Waals surface area (Å²) in [4.78, 5) is 37.8. The van der Waals surface area contributed by atoms with E-state index < -0.39 is 11.3 Å². The van der Waals surface area contributed by atoms with Gasteiger partial charge in [-0.3, -0.25) is 4.79 Å². The number of benzene rings is 3. The number of urea groups is 1. The minimum atomic E-state index is -1.18. The van der Waals surface area contributed by atoms with Crippen molar-refractivity contribution in [2.24, 2.45) is 0 Å². The molecule has 2 unspecified atom stereocenters. The van der Waals surface area contributed by atoms with Crippen molar-refractivity contribution in [3.05, 3.63) is 95.0 Å². The molecule has 15 heteroatoms. The number of ether oxygens (including phenoxy) is 3. The summed E-state index contributed by atoms with van der Waals surface area (Å²) in [5.74, 6) is -0.724. The van der Waals surface area contributed by atoms with Crippen LogP contribution in [0, 0.1) is 0 Å². The molecule has 3 fully saturated rings. The smallest absolute Gasteiger partial charge is 0.332 e.